The van der Waals surface area contributed by atoms with E-state index in [1.807, 2.05) is 0 Å². The fourth-order valence-electron chi connectivity index (χ4n) is 0.556. The Bertz CT molecular complexity index is 344. The van der Waals surface area contributed by atoms with Crippen molar-refractivity contribution in [1.82, 2.24) is 14.7 Å². The number of aromatic nitrogens is 2. The molecule has 2 N–H and O–H groups in total. The Balaban J connectivity index is 3.22. The van der Waals surface area contributed by atoms with Crippen LogP contribution in [0.15, 0.2) is 11.4 Å². The van der Waals surface area contributed by atoms with Gasteiger partial charge in [0, 0.05) is 0 Å². The van der Waals surface area contributed by atoms with Gasteiger partial charge in [0.1, 0.15) is 0 Å². The molecule has 62 valence electrons. The predicted octanol–water partition coefficient (Wildman–Crippen LogP) is -0.0288. The molecule has 1 rings (SSSR count). The molecule has 0 atom stereocenters. The fourth-order valence-corrected chi connectivity index (χ4v) is 1.65. The van der Waals surface area contributed by atoms with Gasteiger partial charge in [0.25, 0.3) is 10.0 Å². The zero-order chi connectivity index (χ0) is 8.48. The quantitative estimate of drug-likeness (QED) is 0.696. The number of nitrogens with one attached hydrogen (secondary N) is 2. The largest absolute Gasteiger partial charge is 0.333 e. The summed E-state index contributed by atoms with van der Waals surface area (Å²) in [6, 6.07) is 0. The number of hydrogen-bond donors (Lipinski definition) is 2. The van der Waals surface area contributed by atoms with Crippen molar-refractivity contribution < 1.29 is 8.42 Å². The Morgan fingerprint density at radius 1 is 1.73 bits per heavy atom. The Kier molecular flexibility index (Phi) is 2.17. The van der Waals surface area contributed by atoms with E-state index in [1.165, 1.54) is 13.4 Å². The minimum Gasteiger partial charge on any atom is -0.333 e. The number of nitrogens with zero attached hydrogens (tertiary/aromatic N) is 1. The van der Waals surface area contributed by atoms with E-state index < -0.39 is 10.0 Å². The van der Waals surface area contributed by atoms with Crippen LogP contribution in [-0.2, 0) is 10.0 Å². The molecular formula is C4H6ClN3O2S. The minimum atomic E-state index is -3.49. The molecule has 0 fully saturated rings. The molecule has 0 radical (unpaired) electrons. The van der Waals surface area contributed by atoms with E-state index in [-0.39, 0.29) is 10.2 Å². The van der Waals surface area contributed by atoms with Gasteiger partial charge in [-0.15, -0.1) is 0 Å². The van der Waals surface area contributed by atoms with Gasteiger partial charge in [0.15, 0.2) is 10.2 Å². The molecule has 1 aromatic heterocycles. The van der Waals surface area contributed by atoms with Gasteiger partial charge < -0.3 is 4.98 Å². The molecule has 0 saturated carbocycles. The number of halogens is 1. The average molecular weight is 196 g/mol. The third-order valence-corrected chi connectivity index (χ3v) is 2.88. The maximum absolute atomic E-state index is 11.0. The smallest absolute Gasteiger partial charge is 0.258 e. The molecule has 0 bridgehead atoms. The monoisotopic (exact) mass is 195 g/mol. The molecule has 5 nitrogen and oxygen atoms in total. The van der Waals surface area contributed by atoms with Crippen molar-refractivity contribution in [3.63, 3.8) is 0 Å². The van der Waals surface area contributed by atoms with Crippen LogP contribution < -0.4 is 4.72 Å². The highest BCUT2D eigenvalue weighted by atomic mass is 35.5. The van der Waals surface area contributed by atoms with Gasteiger partial charge in [0.05, 0.1) is 6.33 Å². The summed E-state index contributed by atoms with van der Waals surface area (Å²) in [6.45, 7) is 0. The molecular weight excluding hydrogens is 190 g/mol. The molecule has 0 aromatic carbocycles. The Hall–Kier alpha value is -0.590. The molecule has 7 heteroatoms. The third-order valence-electron chi connectivity index (χ3n) is 1.10. The fraction of sp³-hybridized carbons (Fsp3) is 0.250. The summed E-state index contributed by atoms with van der Waals surface area (Å²) in [6.07, 6.45) is 1.21. The number of aromatic amines is 1. The van der Waals surface area contributed by atoms with E-state index in [1.54, 1.807) is 0 Å². The van der Waals surface area contributed by atoms with Gasteiger partial charge in [-0.1, -0.05) is 11.6 Å². The van der Waals surface area contributed by atoms with Crippen LogP contribution in [0.2, 0.25) is 5.15 Å². The molecule has 1 aromatic rings. The maximum Gasteiger partial charge on any atom is 0.258 e. The summed E-state index contributed by atoms with van der Waals surface area (Å²) in [4.78, 5) is 5.92. The molecule has 11 heavy (non-hydrogen) atoms. The number of imidazole rings is 1. The van der Waals surface area contributed by atoms with Crippen LogP contribution in [0.4, 0.5) is 0 Å². The highest BCUT2D eigenvalue weighted by Crippen LogP contribution is 2.14. The first-order valence-electron chi connectivity index (χ1n) is 2.70. The van der Waals surface area contributed by atoms with E-state index in [0.717, 1.165) is 0 Å². The lowest BCUT2D eigenvalue weighted by Gasteiger charge is -1.96. The summed E-state index contributed by atoms with van der Waals surface area (Å²) in [5.41, 5.74) is 0. The van der Waals surface area contributed by atoms with Gasteiger partial charge in [-0.3, -0.25) is 0 Å². The lowest BCUT2D eigenvalue weighted by Crippen LogP contribution is -2.19. The van der Waals surface area contributed by atoms with Crippen LogP contribution >= 0.6 is 11.6 Å². The van der Waals surface area contributed by atoms with Crippen LogP contribution in [0.25, 0.3) is 0 Å². The molecule has 0 saturated heterocycles. The van der Waals surface area contributed by atoms with Crippen molar-refractivity contribution in [2.24, 2.45) is 0 Å². The van der Waals surface area contributed by atoms with Crippen LogP contribution in [-0.4, -0.2) is 25.4 Å². The van der Waals surface area contributed by atoms with Crippen molar-refractivity contribution in [2.75, 3.05) is 7.05 Å². The third kappa shape index (κ3) is 1.52. The zero-order valence-electron chi connectivity index (χ0n) is 5.63. The molecule has 0 aliphatic heterocycles. The lowest BCUT2D eigenvalue weighted by atomic mass is 10.9. The normalized spacial score (nSPS) is 11.8. The number of sulfonamides is 1. The van der Waals surface area contributed by atoms with Crippen LogP contribution in [0.3, 0.4) is 0 Å². The highest BCUT2D eigenvalue weighted by Gasteiger charge is 2.17. The second kappa shape index (κ2) is 2.80. The van der Waals surface area contributed by atoms with Gasteiger partial charge in [-0.25, -0.2) is 18.1 Å². The Morgan fingerprint density at radius 3 is 2.73 bits per heavy atom. The van der Waals surface area contributed by atoms with Gasteiger partial charge in [-0.05, 0) is 7.05 Å². The topological polar surface area (TPSA) is 74.8 Å². The van der Waals surface area contributed by atoms with Crippen LogP contribution in [0.1, 0.15) is 0 Å². The summed E-state index contributed by atoms with van der Waals surface area (Å²) < 4.78 is 24.1. The van der Waals surface area contributed by atoms with Crippen LogP contribution in [0, 0.1) is 0 Å². The number of H-pyrrole nitrogens is 1. The van der Waals surface area contributed by atoms with Gasteiger partial charge in [0.2, 0.25) is 0 Å². The molecule has 0 amide bonds. The number of rotatable bonds is 2. The molecule has 0 aliphatic carbocycles. The molecule has 0 spiro atoms. The first kappa shape index (κ1) is 8.51. The summed E-state index contributed by atoms with van der Waals surface area (Å²) in [5.74, 6) is 0. The summed E-state index contributed by atoms with van der Waals surface area (Å²) >= 11 is 5.44. The van der Waals surface area contributed by atoms with Crippen molar-refractivity contribution in [3.05, 3.63) is 11.5 Å². The van der Waals surface area contributed by atoms with Crippen molar-refractivity contribution in [2.45, 2.75) is 5.03 Å². The van der Waals surface area contributed by atoms with Crippen LogP contribution in [0.5, 0.6) is 0 Å². The first-order valence-corrected chi connectivity index (χ1v) is 4.56. The second-order valence-electron chi connectivity index (χ2n) is 1.73. The second-order valence-corrected chi connectivity index (χ2v) is 3.91. The Labute approximate surface area is 68.8 Å². The van der Waals surface area contributed by atoms with E-state index in [0.29, 0.717) is 0 Å². The zero-order valence-corrected chi connectivity index (χ0v) is 7.20. The van der Waals surface area contributed by atoms with E-state index in [4.69, 9.17) is 11.6 Å². The van der Waals surface area contributed by atoms with Crippen molar-refractivity contribution in [3.8, 4) is 0 Å². The maximum atomic E-state index is 11.0. The van der Waals surface area contributed by atoms with Gasteiger partial charge >= 0.3 is 0 Å². The SMILES string of the molecule is CNS(=O)(=O)c1[nH]cnc1Cl. The van der Waals surface area contributed by atoms with E-state index >= 15 is 0 Å². The van der Waals surface area contributed by atoms with E-state index in [9.17, 15) is 8.42 Å². The standard InChI is InChI=1S/C4H6ClN3O2S/c1-6-11(9,10)4-3(5)7-2-8-4/h2,6H,1H3,(H,7,8). The lowest BCUT2D eigenvalue weighted by molar-refractivity contribution is 0.585. The first-order chi connectivity index (χ1) is 5.08. The number of hydrogen-bond acceptors (Lipinski definition) is 3. The molecule has 0 unspecified atom stereocenters. The average Bonchev–Trinajstić information content (AvgIpc) is 2.36. The van der Waals surface area contributed by atoms with Crippen molar-refractivity contribution in [1.29, 1.82) is 0 Å². The predicted molar refractivity (Wildman–Crippen MR) is 39.8 cm³/mol. The Morgan fingerprint density at radius 2 is 2.36 bits per heavy atom. The van der Waals surface area contributed by atoms with Gasteiger partial charge in [-0.2, -0.15) is 0 Å². The highest BCUT2D eigenvalue weighted by molar-refractivity contribution is 7.89. The van der Waals surface area contributed by atoms with Crippen molar-refractivity contribution >= 4 is 21.6 Å². The molecule has 0 aliphatic rings. The molecule has 1 heterocycles. The minimum absolute atomic E-state index is 0.0562. The summed E-state index contributed by atoms with van der Waals surface area (Å²) in [5, 5.41) is -0.166. The summed E-state index contributed by atoms with van der Waals surface area (Å²) in [7, 11) is -2.19. The van der Waals surface area contributed by atoms with E-state index in [2.05, 4.69) is 14.7 Å².